The number of benzene rings is 1. The van der Waals surface area contributed by atoms with Crippen LogP contribution in [0.15, 0.2) is 36.5 Å². The Morgan fingerprint density at radius 3 is 2.78 bits per heavy atom. The van der Waals surface area contributed by atoms with Crippen molar-refractivity contribution < 1.29 is 14.5 Å². The summed E-state index contributed by atoms with van der Waals surface area (Å²) in [6, 6.07) is 7.71. The zero-order chi connectivity index (χ0) is 13.1. The van der Waals surface area contributed by atoms with E-state index in [1.54, 1.807) is 30.5 Å². The molecular weight excluding hydrogens is 236 g/mol. The Bertz CT molecular complexity index is 604. The summed E-state index contributed by atoms with van der Waals surface area (Å²) >= 11 is 0. The molecule has 0 fully saturated rings. The molecule has 0 saturated heterocycles. The van der Waals surface area contributed by atoms with Crippen molar-refractivity contribution in [3.8, 4) is 11.4 Å². The van der Waals surface area contributed by atoms with E-state index in [0.717, 1.165) is 0 Å². The summed E-state index contributed by atoms with van der Waals surface area (Å²) in [7, 11) is 1.44. The van der Waals surface area contributed by atoms with Gasteiger partial charge in [-0.3, -0.25) is 14.9 Å². The maximum atomic E-state index is 11.0. The molecule has 0 aliphatic rings. The summed E-state index contributed by atoms with van der Waals surface area (Å²) in [6.07, 6.45) is 2.24. The van der Waals surface area contributed by atoms with Gasteiger partial charge in [-0.25, -0.2) is 0 Å². The molecule has 1 heterocycles. The summed E-state index contributed by atoms with van der Waals surface area (Å²) in [5.74, 6) is 0.394. The standard InChI is InChI=1S/C12H10N2O4/c1-18-10-4-5-11(12(7-10)14(16)17)13-6-2-3-9(13)8-15/h2-8H,1H3. The molecule has 1 aromatic heterocycles. The van der Waals surface area contributed by atoms with E-state index < -0.39 is 4.92 Å². The molecule has 2 rings (SSSR count). The number of nitro benzene ring substituents is 1. The molecule has 18 heavy (non-hydrogen) atoms. The largest absolute Gasteiger partial charge is 0.496 e. The molecule has 0 saturated carbocycles. The molecule has 0 N–H and O–H groups in total. The van der Waals surface area contributed by atoms with E-state index in [9.17, 15) is 14.9 Å². The Labute approximate surface area is 103 Å². The lowest BCUT2D eigenvalue weighted by Crippen LogP contribution is -2.02. The molecule has 0 atom stereocenters. The molecule has 6 heteroatoms. The first kappa shape index (κ1) is 11.8. The molecule has 0 spiro atoms. The number of ether oxygens (including phenoxy) is 1. The van der Waals surface area contributed by atoms with Crippen LogP contribution in [0.25, 0.3) is 5.69 Å². The fourth-order valence-electron chi connectivity index (χ4n) is 1.69. The highest BCUT2D eigenvalue weighted by Crippen LogP contribution is 2.28. The average molecular weight is 246 g/mol. The van der Waals surface area contributed by atoms with Gasteiger partial charge in [-0.05, 0) is 24.3 Å². The Morgan fingerprint density at radius 2 is 2.17 bits per heavy atom. The van der Waals surface area contributed by atoms with Crippen LogP contribution in [-0.4, -0.2) is 22.9 Å². The summed E-state index contributed by atoms with van der Waals surface area (Å²) < 4.78 is 6.41. The monoisotopic (exact) mass is 246 g/mol. The van der Waals surface area contributed by atoms with Gasteiger partial charge < -0.3 is 9.30 Å². The maximum Gasteiger partial charge on any atom is 0.296 e. The van der Waals surface area contributed by atoms with Crippen molar-refractivity contribution in [3.05, 3.63) is 52.3 Å². The maximum absolute atomic E-state index is 11.0. The molecular formula is C12H10N2O4. The van der Waals surface area contributed by atoms with Gasteiger partial charge in [-0.2, -0.15) is 0 Å². The molecule has 2 aromatic rings. The van der Waals surface area contributed by atoms with Gasteiger partial charge in [0.2, 0.25) is 0 Å². The molecule has 6 nitrogen and oxygen atoms in total. The lowest BCUT2D eigenvalue weighted by molar-refractivity contribution is -0.384. The normalized spacial score (nSPS) is 10.1. The van der Waals surface area contributed by atoms with E-state index in [2.05, 4.69) is 0 Å². The molecule has 0 amide bonds. The predicted octanol–water partition coefficient (Wildman–Crippen LogP) is 2.21. The topological polar surface area (TPSA) is 74.4 Å². The van der Waals surface area contributed by atoms with Crippen LogP contribution < -0.4 is 4.74 Å². The molecule has 0 aliphatic carbocycles. The van der Waals surface area contributed by atoms with Crippen molar-refractivity contribution >= 4 is 12.0 Å². The number of aldehydes is 1. The highest BCUT2D eigenvalue weighted by Gasteiger charge is 2.17. The molecule has 0 aliphatic heterocycles. The Hall–Kier alpha value is -2.63. The Morgan fingerprint density at radius 1 is 1.39 bits per heavy atom. The molecule has 0 unspecified atom stereocenters. The lowest BCUT2D eigenvalue weighted by Gasteiger charge is -2.07. The van der Waals surface area contributed by atoms with E-state index in [1.807, 2.05) is 0 Å². The highest BCUT2D eigenvalue weighted by atomic mass is 16.6. The number of hydrogen-bond donors (Lipinski definition) is 0. The number of rotatable bonds is 4. The van der Waals surface area contributed by atoms with Crippen LogP contribution in [0.3, 0.4) is 0 Å². The van der Waals surface area contributed by atoms with Crippen molar-refractivity contribution in [2.45, 2.75) is 0 Å². The van der Waals surface area contributed by atoms with Crippen LogP contribution in [0.4, 0.5) is 5.69 Å². The first-order valence-corrected chi connectivity index (χ1v) is 5.12. The third-order valence-electron chi connectivity index (χ3n) is 2.54. The van der Waals surface area contributed by atoms with Gasteiger partial charge in [-0.1, -0.05) is 0 Å². The van der Waals surface area contributed by atoms with Gasteiger partial charge >= 0.3 is 0 Å². The number of aromatic nitrogens is 1. The van der Waals surface area contributed by atoms with Gasteiger partial charge in [0.1, 0.15) is 11.4 Å². The van der Waals surface area contributed by atoms with E-state index in [4.69, 9.17) is 4.74 Å². The van der Waals surface area contributed by atoms with Gasteiger partial charge in [0.05, 0.1) is 23.8 Å². The Kier molecular flexibility index (Phi) is 3.09. The second kappa shape index (κ2) is 4.70. The number of carbonyl (C=O) groups is 1. The van der Waals surface area contributed by atoms with E-state index in [0.29, 0.717) is 23.4 Å². The third kappa shape index (κ3) is 1.95. The van der Waals surface area contributed by atoms with Gasteiger partial charge in [0, 0.05) is 6.20 Å². The second-order valence-electron chi connectivity index (χ2n) is 3.53. The van der Waals surface area contributed by atoms with E-state index in [-0.39, 0.29) is 5.69 Å². The number of methoxy groups -OCH3 is 1. The fraction of sp³-hybridized carbons (Fsp3) is 0.0833. The van der Waals surface area contributed by atoms with Crippen LogP contribution in [0.5, 0.6) is 5.75 Å². The van der Waals surface area contributed by atoms with Crippen LogP contribution in [-0.2, 0) is 0 Å². The fourth-order valence-corrected chi connectivity index (χ4v) is 1.69. The van der Waals surface area contributed by atoms with E-state index in [1.165, 1.54) is 17.7 Å². The van der Waals surface area contributed by atoms with Gasteiger partial charge in [0.25, 0.3) is 5.69 Å². The van der Waals surface area contributed by atoms with E-state index >= 15 is 0 Å². The molecule has 92 valence electrons. The third-order valence-corrected chi connectivity index (χ3v) is 2.54. The summed E-state index contributed by atoms with van der Waals surface area (Å²) in [6.45, 7) is 0. The average Bonchev–Trinajstić information content (AvgIpc) is 2.86. The number of nitro groups is 1. The van der Waals surface area contributed by atoms with Crippen LogP contribution in [0, 0.1) is 10.1 Å². The quantitative estimate of drug-likeness (QED) is 0.471. The van der Waals surface area contributed by atoms with Crippen LogP contribution in [0.2, 0.25) is 0 Å². The zero-order valence-electron chi connectivity index (χ0n) is 9.57. The second-order valence-corrected chi connectivity index (χ2v) is 3.53. The predicted molar refractivity (Wildman–Crippen MR) is 64.4 cm³/mol. The van der Waals surface area contributed by atoms with Gasteiger partial charge in [0.15, 0.2) is 6.29 Å². The SMILES string of the molecule is COc1ccc(-n2cccc2C=O)c([N+](=O)[O-])c1. The highest BCUT2D eigenvalue weighted by molar-refractivity contribution is 5.75. The van der Waals surface area contributed by atoms with Crippen molar-refractivity contribution in [1.29, 1.82) is 0 Å². The smallest absolute Gasteiger partial charge is 0.296 e. The molecule has 0 radical (unpaired) electrons. The number of nitrogens with zero attached hydrogens (tertiary/aromatic N) is 2. The van der Waals surface area contributed by atoms with Crippen molar-refractivity contribution in [2.75, 3.05) is 7.11 Å². The number of carbonyl (C=O) groups excluding carboxylic acids is 1. The zero-order valence-corrected chi connectivity index (χ0v) is 9.57. The number of hydrogen-bond acceptors (Lipinski definition) is 4. The minimum atomic E-state index is -0.508. The molecule has 1 aromatic carbocycles. The first-order chi connectivity index (χ1) is 8.67. The van der Waals surface area contributed by atoms with Crippen molar-refractivity contribution in [3.63, 3.8) is 0 Å². The van der Waals surface area contributed by atoms with Crippen LogP contribution >= 0.6 is 0 Å². The summed E-state index contributed by atoms with van der Waals surface area (Å²) in [5, 5.41) is 11.0. The minimum absolute atomic E-state index is 0.117. The van der Waals surface area contributed by atoms with Crippen molar-refractivity contribution in [1.82, 2.24) is 4.57 Å². The first-order valence-electron chi connectivity index (χ1n) is 5.12. The summed E-state index contributed by atoms with van der Waals surface area (Å²) in [4.78, 5) is 21.4. The summed E-state index contributed by atoms with van der Waals surface area (Å²) in [5.41, 5.74) is 0.560. The Balaban J connectivity index is 2.63. The lowest BCUT2D eigenvalue weighted by atomic mass is 10.2. The van der Waals surface area contributed by atoms with Crippen LogP contribution in [0.1, 0.15) is 10.5 Å². The van der Waals surface area contributed by atoms with Gasteiger partial charge in [-0.15, -0.1) is 0 Å². The minimum Gasteiger partial charge on any atom is -0.496 e. The van der Waals surface area contributed by atoms with Crippen molar-refractivity contribution in [2.24, 2.45) is 0 Å². The molecule has 0 bridgehead atoms.